The zero-order chi connectivity index (χ0) is 11.5. The quantitative estimate of drug-likeness (QED) is 0.792. The van der Waals surface area contributed by atoms with Crippen LogP contribution in [0.25, 0.3) is 0 Å². The maximum atomic E-state index is 5.96. The number of hydrogen-bond acceptors (Lipinski definition) is 2. The van der Waals surface area contributed by atoms with Crippen LogP contribution < -0.4 is 4.74 Å². The SMILES string of the molecule is C#CC(C)(CC)Oc1ncc(Br)cc1Cl. The van der Waals surface area contributed by atoms with Gasteiger partial charge in [0.25, 0.3) is 0 Å². The van der Waals surface area contributed by atoms with Crippen LogP contribution >= 0.6 is 27.5 Å². The summed E-state index contributed by atoms with van der Waals surface area (Å²) in [6, 6.07) is 1.72. The van der Waals surface area contributed by atoms with Crippen LogP contribution in [0.4, 0.5) is 0 Å². The summed E-state index contributed by atoms with van der Waals surface area (Å²) in [5.74, 6) is 2.95. The van der Waals surface area contributed by atoms with E-state index in [-0.39, 0.29) is 0 Å². The number of pyridine rings is 1. The molecule has 0 fully saturated rings. The normalized spacial score (nSPS) is 14.1. The van der Waals surface area contributed by atoms with Gasteiger partial charge < -0.3 is 4.74 Å². The Hall–Kier alpha value is -0.720. The van der Waals surface area contributed by atoms with Crippen molar-refractivity contribution in [2.24, 2.45) is 0 Å². The highest BCUT2D eigenvalue weighted by molar-refractivity contribution is 9.10. The molecule has 1 unspecified atom stereocenters. The predicted molar refractivity (Wildman–Crippen MR) is 65.1 cm³/mol. The fraction of sp³-hybridized carbons (Fsp3) is 0.364. The van der Waals surface area contributed by atoms with Gasteiger partial charge >= 0.3 is 0 Å². The summed E-state index contributed by atoms with van der Waals surface area (Å²) >= 11 is 9.23. The van der Waals surface area contributed by atoms with Gasteiger partial charge in [-0.1, -0.05) is 24.4 Å². The van der Waals surface area contributed by atoms with Crippen LogP contribution in [-0.2, 0) is 0 Å². The zero-order valence-corrected chi connectivity index (χ0v) is 10.9. The average Bonchev–Trinajstić information content (AvgIpc) is 2.22. The Morgan fingerprint density at radius 2 is 2.40 bits per heavy atom. The number of hydrogen-bond donors (Lipinski definition) is 0. The smallest absolute Gasteiger partial charge is 0.234 e. The molecule has 2 nitrogen and oxygen atoms in total. The van der Waals surface area contributed by atoms with Crippen molar-refractivity contribution >= 4 is 27.5 Å². The first-order valence-electron chi connectivity index (χ1n) is 4.48. The second kappa shape index (κ2) is 4.87. The number of halogens is 2. The van der Waals surface area contributed by atoms with Crippen LogP contribution in [0, 0.1) is 12.3 Å². The molecule has 1 atom stereocenters. The summed E-state index contributed by atoms with van der Waals surface area (Å²) < 4.78 is 6.39. The molecule has 15 heavy (non-hydrogen) atoms. The summed E-state index contributed by atoms with van der Waals surface area (Å²) in [7, 11) is 0. The molecule has 0 N–H and O–H groups in total. The molecule has 0 amide bonds. The average molecular weight is 289 g/mol. The van der Waals surface area contributed by atoms with Crippen LogP contribution in [0.3, 0.4) is 0 Å². The first kappa shape index (κ1) is 12.4. The highest BCUT2D eigenvalue weighted by Gasteiger charge is 2.22. The first-order valence-corrected chi connectivity index (χ1v) is 5.65. The number of nitrogens with zero attached hydrogens (tertiary/aromatic N) is 1. The molecule has 4 heteroatoms. The molecular weight excluding hydrogens is 277 g/mol. The van der Waals surface area contributed by atoms with Crippen molar-refractivity contribution in [1.29, 1.82) is 0 Å². The van der Waals surface area contributed by atoms with Gasteiger partial charge in [0.15, 0.2) is 5.60 Å². The second-order valence-electron chi connectivity index (χ2n) is 3.27. The third-order valence-electron chi connectivity index (χ3n) is 2.08. The van der Waals surface area contributed by atoms with Crippen LogP contribution in [0.2, 0.25) is 5.02 Å². The van der Waals surface area contributed by atoms with E-state index >= 15 is 0 Å². The minimum atomic E-state index is -0.662. The van der Waals surface area contributed by atoms with E-state index in [1.807, 2.05) is 13.8 Å². The lowest BCUT2D eigenvalue weighted by atomic mass is 10.1. The lowest BCUT2D eigenvalue weighted by molar-refractivity contribution is 0.140. The fourth-order valence-corrected chi connectivity index (χ4v) is 1.56. The van der Waals surface area contributed by atoms with Crippen LogP contribution in [0.5, 0.6) is 5.88 Å². The van der Waals surface area contributed by atoms with Gasteiger partial charge in [-0.05, 0) is 35.3 Å². The Balaban J connectivity index is 2.95. The third-order valence-corrected chi connectivity index (χ3v) is 2.78. The number of ether oxygens (including phenoxy) is 1. The van der Waals surface area contributed by atoms with Crippen molar-refractivity contribution in [1.82, 2.24) is 4.98 Å². The molecule has 1 aromatic rings. The van der Waals surface area contributed by atoms with Crippen LogP contribution in [-0.4, -0.2) is 10.6 Å². The number of terminal acetylenes is 1. The van der Waals surface area contributed by atoms with Gasteiger partial charge in [0.05, 0.1) is 0 Å². The van der Waals surface area contributed by atoms with Gasteiger partial charge in [-0.3, -0.25) is 0 Å². The molecule has 0 saturated carbocycles. The Labute approximate surface area is 103 Å². The van der Waals surface area contributed by atoms with E-state index in [0.717, 1.165) is 4.47 Å². The molecule has 0 saturated heterocycles. The summed E-state index contributed by atoms with van der Waals surface area (Å²) in [4.78, 5) is 4.06. The summed E-state index contributed by atoms with van der Waals surface area (Å²) in [6.45, 7) is 3.78. The molecule has 1 heterocycles. The molecule has 0 aliphatic carbocycles. The minimum Gasteiger partial charge on any atom is -0.457 e. The van der Waals surface area contributed by atoms with Crippen molar-refractivity contribution in [3.8, 4) is 18.2 Å². The van der Waals surface area contributed by atoms with E-state index in [2.05, 4.69) is 26.8 Å². The predicted octanol–water partition coefficient (Wildman–Crippen LogP) is 3.68. The van der Waals surface area contributed by atoms with E-state index in [1.165, 1.54) is 0 Å². The highest BCUT2D eigenvalue weighted by Crippen LogP contribution is 2.28. The van der Waals surface area contributed by atoms with Gasteiger partial charge in [0, 0.05) is 10.7 Å². The summed E-state index contributed by atoms with van der Waals surface area (Å²) in [6.07, 6.45) is 7.70. The molecule has 0 aromatic carbocycles. The fourth-order valence-electron chi connectivity index (χ4n) is 0.894. The molecule has 0 radical (unpaired) electrons. The lowest BCUT2D eigenvalue weighted by Crippen LogP contribution is -2.29. The molecular formula is C11H11BrClNO. The van der Waals surface area contributed by atoms with Crippen molar-refractivity contribution in [2.75, 3.05) is 0 Å². The number of rotatable bonds is 3. The van der Waals surface area contributed by atoms with Gasteiger partial charge in [-0.25, -0.2) is 4.98 Å². The Morgan fingerprint density at radius 3 is 2.87 bits per heavy atom. The van der Waals surface area contributed by atoms with Crippen molar-refractivity contribution < 1.29 is 4.74 Å². The van der Waals surface area contributed by atoms with Crippen molar-refractivity contribution in [3.05, 3.63) is 21.8 Å². The van der Waals surface area contributed by atoms with Crippen molar-refractivity contribution in [2.45, 2.75) is 25.9 Å². The van der Waals surface area contributed by atoms with E-state index in [4.69, 9.17) is 22.8 Å². The second-order valence-corrected chi connectivity index (χ2v) is 4.59. The van der Waals surface area contributed by atoms with Gasteiger partial charge in [0.2, 0.25) is 5.88 Å². The Kier molecular flexibility index (Phi) is 4.01. The van der Waals surface area contributed by atoms with Crippen LogP contribution in [0.1, 0.15) is 20.3 Å². The molecule has 0 spiro atoms. The van der Waals surface area contributed by atoms with Gasteiger partial charge in [-0.2, -0.15) is 0 Å². The Morgan fingerprint density at radius 1 is 1.73 bits per heavy atom. The maximum absolute atomic E-state index is 5.96. The van der Waals surface area contributed by atoms with Gasteiger partial charge in [0.1, 0.15) is 5.02 Å². The summed E-state index contributed by atoms with van der Waals surface area (Å²) in [5.41, 5.74) is -0.662. The highest BCUT2D eigenvalue weighted by atomic mass is 79.9. The van der Waals surface area contributed by atoms with Gasteiger partial charge in [-0.15, -0.1) is 6.42 Å². The monoisotopic (exact) mass is 287 g/mol. The number of aromatic nitrogens is 1. The zero-order valence-electron chi connectivity index (χ0n) is 8.55. The first-order chi connectivity index (χ1) is 7.00. The third kappa shape index (κ3) is 3.12. The summed E-state index contributed by atoms with van der Waals surface area (Å²) in [5, 5.41) is 0.444. The molecule has 0 aliphatic rings. The minimum absolute atomic E-state index is 0.363. The standard InChI is InChI=1S/C11H11BrClNO/c1-4-11(3,5-2)15-10-9(13)6-8(12)7-14-10/h1,6-7H,5H2,2-3H3. The molecule has 1 rings (SSSR count). The van der Waals surface area contributed by atoms with Crippen molar-refractivity contribution in [3.63, 3.8) is 0 Å². The molecule has 0 bridgehead atoms. The molecule has 1 aromatic heterocycles. The van der Waals surface area contributed by atoms with E-state index in [0.29, 0.717) is 17.3 Å². The van der Waals surface area contributed by atoms with E-state index in [1.54, 1.807) is 12.3 Å². The molecule has 80 valence electrons. The van der Waals surface area contributed by atoms with Crippen LogP contribution in [0.15, 0.2) is 16.7 Å². The largest absolute Gasteiger partial charge is 0.457 e. The molecule has 0 aliphatic heterocycles. The lowest BCUT2D eigenvalue weighted by Gasteiger charge is -2.23. The van der Waals surface area contributed by atoms with E-state index in [9.17, 15) is 0 Å². The Bertz CT molecular complexity index is 402. The van der Waals surface area contributed by atoms with E-state index < -0.39 is 5.60 Å². The topological polar surface area (TPSA) is 22.1 Å². The maximum Gasteiger partial charge on any atom is 0.234 e.